The molecule has 0 unspecified atom stereocenters. The molecule has 0 bridgehead atoms. The van der Waals surface area contributed by atoms with Gasteiger partial charge < -0.3 is 9.30 Å². The van der Waals surface area contributed by atoms with Gasteiger partial charge in [0.25, 0.3) is 0 Å². The monoisotopic (exact) mass is 298 g/mol. The van der Waals surface area contributed by atoms with Crippen LogP contribution in [0.25, 0.3) is 11.4 Å². The number of methoxy groups -OCH3 is 1. The molecule has 0 saturated heterocycles. The van der Waals surface area contributed by atoms with Crippen molar-refractivity contribution < 1.29 is 22.7 Å². The number of carbonyl (C=O) groups excluding carboxylic acids is 1. The van der Waals surface area contributed by atoms with Crippen LogP contribution in [0.3, 0.4) is 0 Å². The molecular weight excluding hydrogens is 285 g/mol. The highest BCUT2D eigenvalue weighted by Crippen LogP contribution is 2.30. The summed E-state index contributed by atoms with van der Waals surface area (Å²) in [6.07, 6.45) is -3.41. The van der Waals surface area contributed by atoms with Crippen molar-refractivity contribution >= 4 is 5.97 Å². The van der Waals surface area contributed by atoms with Crippen LogP contribution in [0.2, 0.25) is 0 Å². The summed E-state index contributed by atoms with van der Waals surface area (Å²) in [5, 5.41) is 0. The molecule has 0 atom stereocenters. The third-order valence-corrected chi connectivity index (χ3v) is 2.96. The van der Waals surface area contributed by atoms with Crippen molar-refractivity contribution in [3.63, 3.8) is 0 Å². The van der Waals surface area contributed by atoms with Gasteiger partial charge in [-0.05, 0) is 5.56 Å². The number of rotatable bonds is 3. The topological polar surface area (TPSA) is 44.1 Å². The van der Waals surface area contributed by atoms with Crippen LogP contribution in [-0.2, 0) is 29.2 Å². The summed E-state index contributed by atoms with van der Waals surface area (Å²) in [5.41, 5.74) is 0.330. The molecule has 0 N–H and O–H groups in total. The van der Waals surface area contributed by atoms with Crippen LogP contribution < -0.4 is 0 Å². The molecule has 1 heterocycles. The largest absolute Gasteiger partial charge is 0.469 e. The van der Waals surface area contributed by atoms with Crippen molar-refractivity contribution in [1.29, 1.82) is 0 Å². The van der Waals surface area contributed by atoms with E-state index in [1.165, 1.54) is 18.7 Å². The molecule has 0 fully saturated rings. The number of ether oxygens (including phenoxy) is 1. The number of esters is 1. The van der Waals surface area contributed by atoms with Crippen LogP contribution in [0, 0.1) is 0 Å². The number of hydrogen-bond donors (Lipinski definition) is 0. The fourth-order valence-electron chi connectivity index (χ4n) is 1.88. The Bertz CT molecular complexity index is 645. The molecule has 0 aliphatic carbocycles. The van der Waals surface area contributed by atoms with Gasteiger partial charge in [-0.3, -0.25) is 4.79 Å². The second-order valence-electron chi connectivity index (χ2n) is 4.51. The van der Waals surface area contributed by atoms with Gasteiger partial charge in [0, 0.05) is 18.8 Å². The Labute approximate surface area is 119 Å². The van der Waals surface area contributed by atoms with Crippen molar-refractivity contribution in [2.45, 2.75) is 12.6 Å². The number of halogens is 3. The highest BCUT2D eigenvalue weighted by molar-refractivity contribution is 5.72. The number of aromatic nitrogens is 2. The number of aryl methyl sites for hydroxylation is 1. The summed E-state index contributed by atoms with van der Waals surface area (Å²) in [4.78, 5) is 14.7. The van der Waals surface area contributed by atoms with Gasteiger partial charge in [0.15, 0.2) is 5.69 Å². The summed E-state index contributed by atoms with van der Waals surface area (Å²) in [7, 11) is 2.79. The number of nitrogens with zero attached hydrogens (tertiary/aromatic N) is 2. The number of imidazole rings is 1. The van der Waals surface area contributed by atoms with Gasteiger partial charge in [-0.1, -0.05) is 24.3 Å². The second kappa shape index (κ2) is 5.59. The van der Waals surface area contributed by atoms with Crippen molar-refractivity contribution in [1.82, 2.24) is 9.55 Å². The predicted molar refractivity (Wildman–Crippen MR) is 69.4 cm³/mol. The third kappa shape index (κ3) is 3.42. The Kier molecular flexibility index (Phi) is 4.02. The van der Waals surface area contributed by atoms with Crippen molar-refractivity contribution in [3.8, 4) is 11.4 Å². The lowest BCUT2D eigenvalue weighted by Gasteiger charge is -2.04. The van der Waals surface area contributed by atoms with Crippen LogP contribution in [0.4, 0.5) is 13.2 Å². The molecule has 0 aliphatic rings. The van der Waals surface area contributed by atoms with E-state index >= 15 is 0 Å². The molecule has 7 heteroatoms. The quantitative estimate of drug-likeness (QED) is 0.818. The van der Waals surface area contributed by atoms with E-state index in [0.717, 1.165) is 11.8 Å². The van der Waals surface area contributed by atoms with Gasteiger partial charge in [-0.2, -0.15) is 13.2 Å². The summed E-state index contributed by atoms with van der Waals surface area (Å²) in [5.74, 6) is -0.161. The fourth-order valence-corrected chi connectivity index (χ4v) is 1.88. The molecule has 112 valence electrons. The van der Waals surface area contributed by atoms with Gasteiger partial charge >= 0.3 is 12.1 Å². The standard InChI is InChI=1S/C14H13F3N2O2/c1-19-8-11(14(15,16)17)18-13(19)10-5-3-9(4-6-10)7-12(20)21-2/h3-6,8H,7H2,1-2H3. The number of alkyl halides is 3. The van der Waals surface area contributed by atoms with Crippen molar-refractivity contribution in [2.75, 3.05) is 7.11 Å². The molecule has 0 radical (unpaired) electrons. The smallest absolute Gasteiger partial charge is 0.434 e. The molecule has 1 aromatic heterocycles. The molecule has 0 amide bonds. The van der Waals surface area contributed by atoms with E-state index in [2.05, 4.69) is 9.72 Å². The highest BCUT2D eigenvalue weighted by atomic mass is 19.4. The second-order valence-corrected chi connectivity index (χ2v) is 4.51. The first kappa shape index (κ1) is 15.1. The highest BCUT2D eigenvalue weighted by Gasteiger charge is 2.34. The first-order valence-electron chi connectivity index (χ1n) is 6.08. The van der Waals surface area contributed by atoms with Crippen LogP contribution in [-0.4, -0.2) is 22.6 Å². The summed E-state index contributed by atoms with van der Waals surface area (Å²) < 4.78 is 43.7. The minimum atomic E-state index is -4.47. The Morgan fingerprint density at radius 1 is 1.29 bits per heavy atom. The van der Waals surface area contributed by atoms with E-state index in [1.54, 1.807) is 24.3 Å². The van der Waals surface area contributed by atoms with E-state index in [4.69, 9.17) is 0 Å². The van der Waals surface area contributed by atoms with E-state index in [9.17, 15) is 18.0 Å². The Morgan fingerprint density at radius 2 is 1.90 bits per heavy atom. The maximum Gasteiger partial charge on any atom is 0.434 e. The molecule has 21 heavy (non-hydrogen) atoms. The van der Waals surface area contributed by atoms with Crippen LogP contribution in [0.5, 0.6) is 0 Å². The Morgan fingerprint density at radius 3 is 2.38 bits per heavy atom. The average molecular weight is 298 g/mol. The maximum atomic E-state index is 12.6. The van der Waals surface area contributed by atoms with Gasteiger partial charge in [-0.25, -0.2) is 4.98 Å². The van der Waals surface area contributed by atoms with Gasteiger partial charge in [0.2, 0.25) is 0 Å². The van der Waals surface area contributed by atoms with Gasteiger partial charge in [0.05, 0.1) is 13.5 Å². The van der Waals surface area contributed by atoms with Crippen LogP contribution >= 0.6 is 0 Å². The maximum absolute atomic E-state index is 12.6. The van der Waals surface area contributed by atoms with Crippen LogP contribution in [0.15, 0.2) is 30.5 Å². The average Bonchev–Trinajstić information content (AvgIpc) is 2.81. The molecule has 4 nitrogen and oxygen atoms in total. The van der Waals surface area contributed by atoms with E-state index in [1.807, 2.05) is 0 Å². The lowest BCUT2D eigenvalue weighted by molar-refractivity contribution is -0.141. The first-order chi connectivity index (χ1) is 9.81. The molecular formula is C14H13F3N2O2. The molecule has 0 aliphatic heterocycles. The van der Waals surface area contributed by atoms with Crippen molar-refractivity contribution in [2.24, 2.45) is 7.05 Å². The Balaban J connectivity index is 2.27. The zero-order valence-corrected chi connectivity index (χ0v) is 11.4. The summed E-state index contributed by atoms with van der Waals surface area (Å²) in [6, 6.07) is 6.57. The minimum absolute atomic E-state index is 0.116. The van der Waals surface area contributed by atoms with E-state index < -0.39 is 11.9 Å². The first-order valence-corrected chi connectivity index (χ1v) is 6.08. The predicted octanol–water partition coefficient (Wildman–Crippen LogP) is 2.82. The Hall–Kier alpha value is -2.31. The van der Waals surface area contributed by atoms with Gasteiger partial charge in [-0.15, -0.1) is 0 Å². The van der Waals surface area contributed by atoms with E-state index in [0.29, 0.717) is 5.56 Å². The third-order valence-electron chi connectivity index (χ3n) is 2.96. The number of carbonyl (C=O) groups is 1. The normalized spacial score (nSPS) is 11.5. The minimum Gasteiger partial charge on any atom is -0.469 e. The summed E-state index contributed by atoms with van der Waals surface area (Å²) >= 11 is 0. The number of hydrogen-bond acceptors (Lipinski definition) is 3. The van der Waals surface area contributed by atoms with E-state index in [-0.39, 0.29) is 18.2 Å². The zero-order chi connectivity index (χ0) is 15.6. The summed E-state index contributed by atoms with van der Waals surface area (Å²) in [6.45, 7) is 0. The van der Waals surface area contributed by atoms with Crippen molar-refractivity contribution in [3.05, 3.63) is 41.7 Å². The molecule has 0 spiro atoms. The van der Waals surface area contributed by atoms with Gasteiger partial charge in [0.1, 0.15) is 5.82 Å². The lowest BCUT2D eigenvalue weighted by atomic mass is 10.1. The molecule has 2 aromatic rings. The molecule has 0 saturated carbocycles. The van der Waals surface area contributed by atoms with Crippen LogP contribution in [0.1, 0.15) is 11.3 Å². The number of benzene rings is 1. The molecule has 1 aromatic carbocycles. The SMILES string of the molecule is COC(=O)Cc1ccc(-c2nc(C(F)(F)F)cn2C)cc1. The molecule has 2 rings (SSSR count). The zero-order valence-electron chi connectivity index (χ0n) is 11.4. The lowest BCUT2D eigenvalue weighted by Crippen LogP contribution is -2.05. The fraction of sp³-hybridized carbons (Fsp3) is 0.286.